The van der Waals surface area contributed by atoms with Crippen molar-refractivity contribution in [2.24, 2.45) is 11.8 Å². The lowest BCUT2D eigenvalue weighted by Crippen LogP contribution is -2.57. The maximum Gasteiger partial charge on any atom is 0.253 e. The van der Waals surface area contributed by atoms with Crippen LogP contribution in [0.1, 0.15) is 18.4 Å². The van der Waals surface area contributed by atoms with Crippen molar-refractivity contribution in [3.8, 4) is 0 Å². The van der Waals surface area contributed by atoms with E-state index in [1.54, 1.807) is 31.3 Å². The number of carbonyl (C=O) groups excluding carboxylic acids is 3. The Morgan fingerprint density at radius 3 is 2.63 bits per heavy atom. The molecule has 0 saturated carbocycles. The number of ether oxygens (including phenoxy) is 1. The summed E-state index contributed by atoms with van der Waals surface area (Å²) in [7, 11) is 1.67. The fraction of sp³-hybridized carbons (Fsp3) is 0.500. The molecule has 0 radical (unpaired) electrons. The minimum absolute atomic E-state index is 0.0334. The molecule has 2 unspecified atom stereocenters. The van der Waals surface area contributed by atoms with Crippen molar-refractivity contribution in [3.63, 3.8) is 0 Å². The number of aryl methyl sites for hydroxylation is 1. The average molecular weight is 502 g/mol. The quantitative estimate of drug-likeness (QED) is 0.524. The third-order valence-corrected chi connectivity index (χ3v) is 7.78. The second-order valence-corrected chi connectivity index (χ2v) is 9.87. The van der Waals surface area contributed by atoms with Gasteiger partial charge in [0.2, 0.25) is 11.8 Å². The van der Waals surface area contributed by atoms with E-state index in [1.807, 2.05) is 13.0 Å². The highest BCUT2D eigenvalue weighted by Gasteiger charge is 2.74. The molecule has 3 amide bonds. The van der Waals surface area contributed by atoms with Crippen LogP contribution in [-0.4, -0.2) is 83.7 Å². The molecule has 5 atom stereocenters. The van der Waals surface area contributed by atoms with Crippen molar-refractivity contribution in [3.05, 3.63) is 54.1 Å². The van der Waals surface area contributed by atoms with Gasteiger partial charge in [0, 0.05) is 26.7 Å². The molecule has 0 aromatic heterocycles. The first-order valence-corrected chi connectivity index (χ1v) is 12.2. The van der Waals surface area contributed by atoms with Crippen LogP contribution < -0.4 is 4.90 Å². The standard InChI is InChI=1S/C26H32ClN3O5/c1-5-12-28(4)23(32)19-18-10-11-26(35-18)20(19)24(33)30(14-15-31)22(26)25(34)29(13-6-2)21-16(3)8-7-9-17(21)27/h5-9,18-20,22,31H,1-2,10-15H2,3-4H3/t18-,19+,20-,22?,26?/m0/s1. The van der Waals surface area contributed by atoms with Crippen LogP contribution in [0.5, 0.6) is 0 Å². The number of β-amino-alcohol motifs (C(OH)–C–C–N with tert-alkyl or cyclic N) is 1. The molecule has 188 valence electrons. The molecule has 3 heterocycles. The smallest absolute Gasteiger partial charge is 0.253 e. The van der Waals surface area contributed by atoms with E-state index >= 15 is 0 Å². The molecule has 9 heteroatoms. The van der Waals surface area contributed by atoms with Gasteiger partial charge >= 0.3 is 0 Å². The first kappa shape index (κ1) is 25.4. The number of anilines is 1. The van der Waals surface area contributed by atoms with Gasteiger partial charge in [-0.1, -0.05) is 35.9 Å². The predicted molar refractivity (Wildman–Crippen MR) is 133 cm³/mol. The largest absolute Gasteiger partial charge is 0.395 e. The van der Waals surface area contributed by atoms with Crippen molar-refractivity contribution in [2.75, 3.05) is 38.2 Å². The predicted octanol–water partition coefficient (Wildman–Crippen LogP) is 2.18. The van der Waals surface area contributed by atoms with Gasteiger partial charge in [0.15, 0.2) is 0 Å². The van der Waals surface area contributed by atoms with E-state index in [1.165, 1.54) is 14.7 Å². The second kappa shape index (κ2) is 9.76. The van der Waals surface area contributed by atoms with Crippen LogP contribution in [-0.2, 0) is 19.1 Å². The Kier molecular flexibility index (Phi) is 7.09. The number of rotatable bonds is 9. The van der Waals surface area contributed by atoms with Gasteiger partial charge < -0.3 is 24.5 Å². The molecule has 35 heavy (non-hydrogen) atoms. The molecule has 1 spiro atoms. The summed E-state index contributed by atoms with van der Waals surface area (Å²) in [6.07, 6.45) is 3.84. The Balaban J connectivity index is 1.79. The second-order valence-electron chi connectivity index (χ2n) is 9.46. The van der Waals surface area contributed by atoms with Gasteiger partial charge in [-0.15, -0.1) is 13.2 Å². The minimum Gasteiger partial charge on any atom is -0.395 e. The summed E-state index contributed by atoms with van der Waals surface area (Å²) in [6, 6.07) is 4.39. The van der Waals surface area contributed by atoms with Gasteiger partial charge in [-0.3, -0.25) is 14.4 Å². The summed E-state index contributed by atoms with van der Waals surface area (Å²) in [5.74, 6) is -2.37. The molecular weight excluding hydrogens is 470 g/mol. The molecule has 0 aliphatic carbocycles. The Labute approximate surface area is 210 Å². The zero-order valence-corrected chi connectivity index (χ0v) is 20.9. The first-order chi connectivity index (χ1) is 16.7. The first-order valence-electron chi connectivity index (χ1n) is 11.9. The number of aliphatic hydroxyl groups is 1. The number of benzene rings is 1. The number of aliphatic hydroxyl groups excluding tert-OH is 1. The fourth-order valence-corrected chi connectivity index (χ4v) is 6.46. The number of likely N-dealkylation sites (N-methyl/N-ethyl adjacent to an activating group) is 1. The number of likely N-dealkylation sites (tertiary alicyclic amines) is 1. The van der Waals surface area contributed by atoms with Crippen molar-refractivity contribution >= 4 is 35.0 Å². The lowest BCUT2D eigenvalue weighted by Gasteiger charge is -2.37. The normalized spacial score (nSPS) is 28.7. The zero-order chi connectivity index (χ0) is 25.5. The van der Waals surface area contributed by atoms with Crippen LogP contribution in [0.4, 0.5) is 5.69 Å². The van der Waals surface area contributed by atoms with E-state index in [9.17, 15) is 19.5 Å². The van der Waals surface area contributed by atoms with Gasteiger partial charge in [0.05, 0.1) is 35.3 Å². The highest BCUT2D eigenvalue weighted by Crippen LogP contribution is 2.59. The molecule has 3 aliphatic rings. The summed E-state index contributed by atoms with van der Waals surface area (Å²) >= 11 is 6.52. The third kappa shape index (κ3) is 3.88. The summed E-state index contributed by atoms with van der Waals surface area (Å²) in [4.78, 5) is 45.8. The lowest BCUT2D eigenvalue weighted by atomic mass is 9.70. The van der Waals surface area contributed by atoms with Crippen LogP contribution in [0, 0.1) is 18.8 Å². The molecule has 8 nitrogen and oxygen atoms in total. The third-order valence-electron chi connectivity index (χ3n) is 7.48. The van der Waals surface area contributed by atoms with Gasteiger partial charge in [-0.25, -0.2) is 0 Å². The van der Waals surface area contributed by atoms with Crippen LogP contribution >= 0.6 is 11.6 Å². The number of nitrogens with zero attached hydrogens (tertiary/aromatic N) is 3. The zero-order valence-electron chi connectivity index (χ0n) is 20.2. The Morgan fingerprint density at radius 1 is 1.29 bits per heavy atom. The van der Waals surface area contributed by atoms with Gasteiger partial charge in [-0.2, -0.15) is 0 Å². The highest BCUT2D eigenvalue weighted by atomic mass is 35.5. The molecular formula is C26H32ClN3O5. The van der Waals surface area contributed by atoms with Gasteiger partial charge in [0.25, 0.3) is 5.91 Å². The van der Waals surface area contributed by atoms with E-state index in [0.717, 1.165) is 5.56 Å². The average Bonchev–Trinajstić information content (AvgIpc) is 3.46. The minimum atomic E-state index is -1.14. The van der Waals surface area contributed by atoms with Gasteiger partial charge in [0.1, 0.15) is 11.6 Å². The number of hydrogen-bond donors (Lipinski definition) is 1. The molecule has 1 aromatic carbocycles. The van der Waals surface area contributed by atoms with Crippen LogP contribution in [0.15, 0.2) is 43.5 Å². The molecule has 1 aromatic rings. The summed E-state index contributed by atoms with van der Waals surface area (Å²) in [5.41, 5.74) is 0.203. The number of para-hydroxylation sites is 1. The molecule has 2 bridgehead atoms. The number of carbonyl (C=O) groups is 3. The number of hydrogen-bond acceptors (Lipinski definition) is 5. The van der Waals surface area contributed by atoms with E-state index in [4.69, 9.17) is 16.3 Å². The Morgan fingerprint density at radius 2 is 2.00 bits per heavy atom. The van der Waals surface area contributed by atoms with Crippen molar-refractivity contribution in [1.82, 2.24) is 9.80 Å². The van der Waals surface area contributed by atoms with Crippen LogP contribution in [0.2, 0.25) is 5.02 Å². The van der Waals surface area contributed by atoms with Crippen LogP contribution in [0.3, 0.4) is 0 Å². The van der Waals surface area contributed by atoms with E-state index in [2.05, 4.69) is 13.2 Å². The van der Waals surface area contributed by atoms with Crippen molar-refractivity contribution in [1.29, 1.82) is 0 Å². The molecule has 3 saturated heterocycles. The fourth-order valence-electron chi connectivity index (χ4n) is 6.13. The lowest BCUT2D eigenvalue weighted by molar-refractivity contribution is -0.144. The Bertz CT molecular complexity index is 1040. The van der Waals surface area contributed by atoms with Crippen molar-refractivity contribution < 1.29 is 24.2 Å². The maximum absolute atomic E-state index is 14.3. The monoisotopic (exact) mass is 501 g/mol. The molecule has 4 rings (SSSR count). The molecule has 3 aliphatic heterocycles. The number of amides is 3. The van der Waals surface area contributed by atoms with E-state index < -0.39 is 29.6 Å². The summed E-state index contributed by atoms with van der Waals surface area (Å²) < 4.78 is 6.43. The summed E-state index contributed by atoms with van der Waals surface area (Å²) in [5, 5.41) is 10.2. The van der Waals surface area contributed by atoms with E-state index in [-0.39, 0.29) is 37.4 Å². The number of fused-ring (bicyclic) bond motifs is 1. The van der Waals surface area contributed by atoms with E-state index in [0.29, 0.717) is 30.1 Å². The van der Waals surface area contributed by atoms with Crippen LogP contribution in [0.25, 0.3) is 0 Å². The number of halogens is 1. The maximum atomic E-state index is 14.3. The van der Waals surface area contributed by atoms with Gasteiger partial charge in [-0.05, 0) is 31.4 Å². The summed E-state index contributed by atoms with van der Waals surface area (Å²) in [6.45, 7) is 9.53. The Hall–Kier alpha value is -2.68. The molecule has 1 N–H and O–H groups in total. The topological polar surface area (TPSA) is 90.4 Å². The van der Waals surface area contributed by atoms with Crippen molar-refractivity contribution in [2.45, 2.75) is 37.5 Å². The highest BCUT2D eigenvalue weighted by molar-refractivity contribution is 6.34. The SMILES string of the molecule is C=CCN(C)C(=O)[C@@H]1[C@@H]2CCC3(O2)C(C(=O)N(CC=C)c2c(C)cccc2Cl)N(CCO)C(=O)[C@H]13. The molecule has 3 fully saturated rings.